The molecule has 4 aromatic rings. The first kappa shape index (κ1) is 20.7. The summed E-state index contributed by atoms with van der Waals surface area (Å²) in [6.45, 7) is 0. The van der Waals surface area contributed by atoms with Gasteiger partial charge in [-0.15, -0.1) is 0 Å². The summed E-state index contributed by atoms with van der Waals surface area (Å²) in [5.41, 5.74) is 3.20. The first-order valence-electron chi connectivity index (χ1n) is 9.45. The van der Waals surface area contributed by atoms with Gasteiger partial charge in [-0.2, -0.15) is 5.26 Å². The Kier molecular flexibility index (Phi) is 5.77. The molecule has 0 aliphatic heterocycles. The Hall–Kier alpha value is -3.59. The minimum absolute atomic E-state index is 0.0194. The number of aromatic nitrogens is 1. The first-order valence-corrected chi connectivity index (χ1v) is 11.3. The third kappa shape index (κ3) is 4.31. The van der Waals surface area contributed by atoms with Crippen LogP contribution in [-0.4, -0.2) is 13.4 Å². The maximum absolute atomic E-state index is 13.1. The number of aromatic amines is 1. The highest BCUT2D eigenvalue weighted by Crippen LogP contribution is 2.29. The molecule has 4 nitrogen and oxygen atoms in total. The van der Waals surface area contributed by atoms with Gasteiger partial charge in [0.1, 0.15) is 11.0 Å². The Balaban J connectivity index is 1.86. The number of nitriles is 1. The van der Waals surface area contributed by atoms with Gasteiger partial charge in [0, 0.05) is 27.2 Å². The lowest BCUT2D eigenvalue weighted by molar-refractivity contribution is 0.603. The number of rotatable bonds is 5. The standard InChI is InChI=1S/C25H17ClN2O2S/c26-19-11-13-20(14-12-19)31(29,30)21(17-27)16-23-22-8-4-5-9-24(22)28-25(23)15-10-18-6-2-1-3-7-18/h1-16,28H/b15-10+,21-16?. The van der Waals surface area contributed by atoms with E-state index in [1.165, 1.54) is 30.3 Å². The molecule has 1 N–H and O–H groups in total. The van der Waals surface area contributed by atoms with Crippen LogP contribution in [0.3, 0.4) is 0 Å². The minimum atomic E-state index is -3.99. The molecule has 0 bridgehead atoms. The number of benzene rings is 3. The third-order valence-electron chi connectivity index (χ3n) is 4.82. The number of hydrogen-bond acceptors (Lipinski definition) is 3. The number of allylic oxidation sites excluding steroid dienone is 1. The quantitative estimate of drug-likeness (QED) is 0.365. The molecule has 0 amide bonds. The van der Waals surface area contributed by atoms with E-state index in [0.717, 1.165) is 16.5 Å². The molecule has 0 spiro atoms. The first-order chi connectivity index (χ1) is 15.0. The van der Waals surface area contributed by atoms with Crippen LogP contribution >= 0.6 is 11.6 Å². The maximum Gasteiger partial charge on any atom is 0.216 e. The van der Waals surface area contributed by atoms with Crippen molar-refractivity contribution in [1.29, 1.82) is 5.26 Å². The van der Waals surface area contributed by atoms with Crippen LogP contribution in [0.25, 0.3) is 29.1 Å². The fourth-order valence-corrected chi connectivity index (χ4v) is 4.52. The summed E-state index contributed by atoms with van der Waals surface area (Å²) >= 11 is 5.88. The second-order valence-electron chi connectivity index (χ2n) is 6.82. The van der Waals surface area contributed by atoms with Crippen molar-refractivity contribution in [2.45, 2.75) is 4.90 Å². The Morgan fingerprint density at radius 1 is 0.903 bits per heavy atom. The number of H-pyrrole nitrogens is 1. The topological polar surface area (TPSA) is 73.7 Å². The van der Waals surface area contributed by atoms with E-state index < -0.39 is 9.84 Å². The largest absolute Gasteiger partial charge is 0.355 e. The highest BCUT2D eigenvalue weighted by molar-refractivity contribution is 7.95. The molecule has 1 aromatic heterocycles. The Labute approximate surface area is 185 Å². The second kappa shape index (κ2) is 8.65. The van der Waals surface area contributed by atoms with Crippen LogP contribution in [0.15, 0.2) is 88.7 Å². The molecule has 0 radical (unpaired) electrons. The van der Waals surface area contributed by atoms with E-state index in [1.807, 2.05) is 72.8 Å². The van der Waals surface area contributed by atoms with Gasteiger partial charge < -0.3 is 4.98 Å². The average molecular weight is 445 g/mol. The van der Waals surface area contributed by atoms with Crippen molar-refractivity contribution in [3.05, 3.63) is 106 Å². The van der Waals surface area contributed by atoms with Crippen LogP contribution in [0.4, 0.5) is 0 Å². The zero-order chi connectivity index (χ0) is 21.8. The molecule has 0 atom stereocenters. The highest BCUT2D eigenvalue weighted by atomic mass is 35.5. The van der Waals surface area contributed by atoms with Crippen LogP contribution in [0.1, 0.15) is 16.8 Å². The molecule has 0 unspecified atom stereocenters. The highest BCUT2D eigenvalue weighted by Gasteiger charge is 2.22. The fraction of sp³-hybridized carbons (Fsp3) is 0. The lowest BCUT2D eigenvalue weighted by Crippen LogP contribution is -2.03. The lowest BCUT2D eigenvalue weighted by atomic mass is 10.1. The fourth-order valence-electron chi connectivity index (χ4n) is 3.26. The van der Waals surface area contributed by atoms with Gasteiger partial charge in [0.2, 0.25) is 9.84 Å². The monoisotopic (exact) mass is 444 g/mol. The summed E-state index contributed by atoms with van der Waals surface area (Å²) in [5.74, 6) is 0. The van der Waals surface area contributed by atoms with Crippen LogP contribution in [0.5, 0.6) is 0 Å². The smallest absolute Gasteiger partial charge is 0.216 e. The van der Waals surface area contributed by atoms with Gasteiger partial charge in [-0.05, 0) is 48.0 Å². The number of nitrogens with one attached hydrogen (secondary N) is 1. The van der Waals surface area contributed by atoms with E-state index in [-0.39, 0.29) is 9.80 Å². The van der Waals surface area contributed by atoms with Crippen molar-refractivity contribution < 1.29 is 8.42 Å². The zero-order valence-electron chi connectivity index (χ0n) is 16.3. The molecule has 152 valence electrons. The Morgan fingerprint density at radius 3 is 2.29 bits per heavy atom. The molecule has 4 rings (SSSR count). The van der Waals surface area contributed by atoms with Gasteiger partial charge in [0.15, 0.2) is 0 Å². The summed E-state index contributed by atoms with van der Waals surface area (Å²) in [6, 6.07) is 25.0. The van der Waals surface area contributed by atoms with Crippen molar-refractivity contribution in [2.24, 2.45) is 0 Å². The summed E-state index contributed by atoms with van der Waals surface area (Å²) in [4.78, 5) is 2.99. The minimum Gasteiger partial charge on any atom is -0.355 e. The summed E-state index contributed by atoms with van der Waals surface area (Å²) in [6.07, 6.45) is 5.24. The number of para-hydroxylation sites is 1. The molecule has 0 aliphatic carbocycles. The molecule has 3 aromatic carbocycles. The van der Waals surface area contributed by atoms with Crippen molar-refractivity contribution in [1.82, 2.24) is 4.98 Å². The van der Waals surface area contributed by atoms with Gasteiger partial charge in [0.25, 0.3) is 0 Å². The molecule has 1 heterocycles. The number of halogens is 1. The van der Waals surface area contributed by atoms with Gasteiger partial charge in [0.05, 0.1) is 4.90 Å². The predicted octanol–water partition coefficient (Wildman–Crippen LogP) is 6.33. The van der Waals surface area contributed by atoms with Crippen LogP contribution in [-0.2, 0) is 9.84 Å². The van der Waals surface area contributed by atoms with Crippen LogP contribution in [0, 0.1) is 11.3 Å². The van der Waals surface area contributed by atoms with Gasteiger partial charge in [-0.1, -0.05) is 66.2 Å². The second-order valence-corrected chi connectivity index (χ2v) is 9.17. The van der Waals surface area contributed by atoms with Crippen molar-refractivity contribution in [3.63, 3.8) is 0 Å². The molecule has 0 saturated heterocycles. The van der Waals surface area contributed by atoms with Crippen LogP contribution in [0.2, 0.25) is 5.02 Å². The van der Waals surface area contributed by atoms with E-state index in [0.29, 0.717) is 16.3 Å². The van der Waals surface area contributed by atoms with Crippen molar-refractivity contribution >= 4 is 50.6 Å². The Bertz CT molecular complexity index is 1440. The summed E-state index contributed by atoms with van der Waals surface area (Å²) in [7, 11) is -3.99. The Morgan fingerprint density at radius 2 is 1.58 bits per heavy atom. The molecule has 0 fully saturated rings. The average Bonchev–Trinajstić information content (AvgIpc) is 3.14. The third-order valence-corrected chi connectivity index (χ3v) is 6.75. The summed E-state index contributed by atoms with van der Waals surface area (Å²) in [5, 5.41) is 10.9. The SMILES string of the molecule is N#CC(=Cc1c(/C=C/c2ccccc2)[nH]c2ccccc12)S(=O)(=O)c1ccc(Cl)cc1. The zero-order valence-corrected chi connectivity index (χ0v) is 17.9. The molecular weight excluding hydrogens is 428 g/mol. The lowest BCUT2D eigenvalue weighted by Gasteiger charge is -2.04. The number of sulfone groups is 1. The van der Waals surface area contributed by atoms with Crippen molar-refractivity contribution in [2.75, 3.05) is 0 Å². The molecular formula is C25H17ClN2O2S. The van der Waals surface area contributed by atoms with E-state index >= 15 is 0 Å². The van der Waals surface area contributed by atoms with Crippen LogP contribution < -0.4 is 0 Å². The number of fused-ring (bicyclic) bond motifs is 1. The molecule has 6 heteroatoms. The van der Waals surface area contributed by atoms with Gasteiger partial charge in [-0.3, -0.25) is 0 Å². The summed E-state index contributed by atoms with van der Waals surface area (Å²) < 4.78 is 26.1. The number of nitrogens with zero attached hydrogens (tertiary/aromatic N) is 1. The van der Waals surface area contributed by atoms with E-state index in [2.05, 4.69) is 4.98 Å². The maximum atomic E-state index is 13.1. The van der Waals surface area contributed by atoms with E-state index in [1.54, 1.807) is 0 Å². The van der Waals surface area contributed by atoms with Gasteiger partial charge in [-0.25, -0.2) is 8.42 Å². The van der Waals surface area contributed by atoms with Gasteiger partial charge >= 0.3 is 0 Å². The molecule has 0 saturated carbocycles. The van der Waals surface area contributed by atoms with Crippen molar-refractivity contribution in [3.8, 4) is 6.07 Å². The van der Waals surface area contributed by atoms with E-state index in [4.69, 9.17) is 11.6 Å². The van der Waals surface area contributed by atoms with E-state index in [9.17, 15) is 13.7 Å². The predicted molar refractivity (Wildman–Crippen MR) is 126 cm³/mol. The molecule has 31 heavy (non-hydrogen) atoms. The molecule has 0 aliphatic rings. The number of hydrogen-bond donors (Lipinski definition) is 1. The normalized spacial score (nSPS) is 12.3.